The minimum atomic E-state index is -0.560. The predicted molar refractivity (Wildman–Crippen MR) is 83.7 cm³/mol. The summed E-state index contributed by atoms with van der Waals surface area (Å²) in [6, 6.07) is 13.4. The summed E-state index contributed by atoms with van der Waals surface area (Å²) in [4.78, 5) is 12.4. The predicted octanol–water partition coefficient (Wildman–Crippen LogP) is 3.90. The molecule has 0 fully saturated rings. The molecule has 0 unspecified atom stereocenters. The normalized spacial score (nSPS) is 17.1. The number of aryl methyl sites for hydroxylation is 1. The fourth-order valence-electron chi connectivity index (χ4n) is 2.49. The zero-order valence-electron chi connectivity index (χ0n) is 11.7. The average molecular weight is 302 g/mol. The number of benzene rings is 2. The number of fused-ring (bicyclic) bond motifs is 1. The third kappa shape index (κ3) is 2.94. The fraction of sp³-hybridized carbons (Fsp3) is 0.235. The maximum absolute atomic E-state index is 12.4. The standard InChI is InChI=1S/C17H16ClNO2/c1-11-6-7-13(10-15(11)18)19-17(20)16-14-5-3-2-4-12(14)8-9-21-16/h2-7,10,16H,8-9H2,1H3,(H,19,20)/t16-/m0/s1. The molecular weight excluding hydrogens is 286 g/mol. The van der Waals surface area contributed by atoms with Crippen molar-refractivity contribution in [2.24, 2.45) is 0 Å². The van der Waals surface area contributed by atoms with Gasteiger partial charge in [-0.05, 0) is 42.2 Å². The number of hydrogen-bond acceptors (Lipinski definition) is 2. The van der Waals surface area contributed by atoms with E-state index in [1.165, 1.54) is 5.56 Å². The molecule has 0 aromatic heterocycles. The van der Waals surface area contributed by atoms with Gasteiger partial charge >= 0.3 is 0 Å². The number of rotatable bonds is 2. The number of carbonyl (C=O) groups excluding carboxylic acids is 1. The summed E-state index contributed by atoms with van der Waals surface area (Å²) >= 11 is 6.08. The molecule has 21 heavy (non-hydrogen) atoms. The molecule has 3 nitrogen and oxygen atoms in total. The molecule has 1 aliphatic heterocycles. The van der Waals surface area contributed by atoms with Crippen LogP contribution in [0.4, 0.5) is 5.69 Å². The van der Waals surface area contributed by atoms with E-state index in [-0.39, 0.29) is 5.91 Å². The average Bonchev–Trinajstić information content (AvgIpc) is 2.50. The molecule has 1 amide bonds. The summed E-state index contributed by atoms with van der Waals surface area (Å²) in [7, 11) is 0. The minimum Gasteiger partial charge on any atom is -0.363 e. The zero-order valence-corrected chi connectivity index (χ0v) is 12.5. The summed E-state index contributed by atoms with van der Waals surface area (Å²) in [5.41, 5.74) is 3.78. The highest BCUT2D eigenvalue weighted by Crippen LogP contribution is 2.28. The van der Waals surface area contributed by atoms with Crippen LogP contribution in [0.1, 0.15) is 22.8 Å². The summed E-state index contributed by atoms with van der Waals surface area (Å²) in [5.74, 6) is -0.165. The Balaban J connectivity index is 1.81. The maximum atomic E-state index is 12.4. The number of halogens is 1. The second-order valence-electron chi connectivity index (χ2n) is 5.15. The van der Waals surface area contributed by atoms with Crippen molar-refractivity contribution in [2.75, 3.05) is 11.9 Å². The monoisotopic (exact) mass is 301 g/mol. The Bertz CT molecular complexity index is 684. The lowest BCUT2D eigenvalue weighted by Crippen LogP contribution is -2.28. The van der Waals surface area contributed by atoms with Crippen molar-refractivity contribution in [1.82, 2.24) is 0 Å². The number of anilines is 1. The lowest BCUT2D eigenvalue weighted by Gasteiger charge is -2.25. The fourth-order valence-corrected chi connectivity index (χ4v) is 2.67. The van der Waals surface area contributed by atoms with Crippen molar-refractivity contribution in [2.45, 2.75) is 19.4 Å². The van der Waals surface area contributed by atoms with Crippen LogP contribution >= 0.6 is 11.6 Å². The molecule has 4 heteroatoms. The van der Waals surface area contributed by atoms with Crippen LogP contribution in [0.5, 0.6) is 0 Å². The number of ether oxygens (including phenoxy) is 1. The Kier molecular flexibility index (Phi) is 3.95. The number of hydrogen-bond donors (Lipinski definition) is 1. The van der Waals surface area contributed by atoms with Crippen LogP contribution in [-0.2, 0) is 16.0 Å². The summed E-state index contributed by atoms with van der Waals surface area (Å²) in [6.45, 7) is 2.48. The van der Waals surface area contributed by atoms with Crippen molar-refractivity contribution in [3.63, 3.8) is 0 Å². The molecule has 0 radical (unpaired) electrons. The summed E-state index contributed by atoms with van der Waals surface area (Å²) in [5, 5.41) is 3.51. The van der Waals surface area contributed by atoms with Crippen molar-refractivity contribution in [1.29, 1.82) is 0 Å². The van der Waals surface area contributed by atoms with Gasteiger partial charge in [0.2, 0.25) is 0 Å². The topological polar surface area (TPSA) is 38.3 Å². The van der Waals surface area contributed by atoms with E-state index >= 15 is 0 Å². The SMILES string of the molecule is Cc1ccc(NC(=O)[C@H]2OCCc3ccccc32)cc1Cl. The third-order valence-electron chi connectivity index (χ3n) is 3.67. The first kappa shape index (κ1) is 14.1. The van der Waals surface area contributed by atoms with Crippen LogP contribution in [0.2, 0.25) is 5.02 Å². The van der Waals surface area contributed by atoms with Gasteiger partial charge in [0.1, 0.15) is 0 Å². The van der Waals surface area contributed by atoms with Gasteiger partial charge < -0.3 is 10.1 Å². The van der Waals surface area contributed by atoms with Gasteiger partial charge in [0.15, 0.2) is 6.10 Å². The zero-order chi connectivity index (χ0) is 14.8. The highest BCUT2D eigenvalue weighted by atomic mass is 35.5. The van der Waals surface area contributed by atoms with Crippen LogP contribution in [0.25, 0.3) is 0 Å². The van der Waals surface area contributed by atoms with Crippen molar-refractivity contribution in [3.8, 4) is 0 Å². The molecule has 1 N–H and O–H groups in total. The van der Waals surface area contributed by atoms with Crippen LogP contribution in [0.15, 0.2) is 42.5 Å². The van der Waals surface area contributed by atoms with Gasteiger partial charge in [-0.1, -0.05) is 41.9 Å². The number of amides is 1. The molecule has 0 bridgehead atoms. The first-order valence-electron chi connectivity index (χ1n) is 6.91. The molecular formula is C17H16ClNO2. The van der Waals surface area contributed by atoms with E-state index < -0.39 is 6.10 Å². The molecule has 2 aromatic carbocycles. The molecule has 2 aromatic rings. The van der Waals surface area contributed by atoms with E-state index in [0.29, 0.717) is 17.3 Å². The maximum Gasteiger partial charge on any atom is 0.258 e. The van der Waals surface area contributed by atoms with Crippen molar-refractivity contribution >= 4 is 23.2 Å². The van der Waals surface area contributed by atoms with E-state index in [9.17, 15) is 4.79 Å². The third-order valence-corrected chi connectivity index (χ3v) is 4.08. The molecule has 3 rings (SSSR count). The minimum absolute atomic E-state index is 0.165. The van der Waals surface area contributed by atoms with Gasteiger partial charge in [0.25, 0.3) is 5.91 Å². The van der Waals surface area contributed by atoms with Crippen LogP contribution in [0, 0.1) is 6.92 Å². The Hall–Kier alpha value is -1.84. The van der Waals surface area contributed by atoms with E-state index in [1.54, 1.807) is 6.07 Å². The van der Waals surface area contributed by atoms with Crippen LogP contribution in [-0.4, -0.2) is 12.5 Å². The molecule has 1 heterocycles. The van der Waals surface area contributed by atoms with Gasteiger partial charge in [-0.15, -0.1) is 0 Å². The molecule has 0 saturated heterocycles. The number of carbonyl (C=O) groups is 1. The highest BCUT2D eigenvalue weighted by molar-refractivity contribution is 6.31. The van der Waals surface area contributed by atoms with Gasteiger partial charge in [-0.2, -0.15) is 0 Å². The van der Waals surface area contributed by atoms with Crippen molar-refractivity contribution in [3.05, 3.63) is 64.2 Å². The highest BCUT2D eigenvalue weighted by Gasteiger charge is 2.27. The van der Waals surface area contributed by atoms with E-state index in [0.717, 1.165) is 17.5 Å². The van der Waals surface area contributed by atoms with E-state index in [2.05, 4.69) is 5.32 Å². The van der Waals surface area contributed by atoms with E-state index in [1.807, 2.05) is 43.3 Å². The summed E-state index contributed by atoms with van der Waals surface area (Å²) in [6.07, 6.45) is 0.283. The van der Waals surface area contributed by atoms with Crippen LogP contribution in [0.3, 0.4) is 0 Å². The van der Waals surface area contributed by atoms with E-state index in [4.69, 9.17) is 16.3 Å². The second kappa shape index (κ2) is 5.88. The number of nitrogens with one attached hydrogen (secondary N) is 1. The second-order valence-corrected chi connectivity index (χ2v) is 5.56. The van der Waals surface area contributed by atoms with Crippen LogP contribution < -0.4 is 5.32 Å². The first-order valence-corrected chi connectivity index (χ1v) is 7.29. The lowest BCUT2D eigenvalue weighted by molar-refractivity contribution is -0.128. The van der Waals surface area contributed by atoms with Gasteiger partial charge in [0, 0.05) is 10.7 Å². The Labute approximate surface area is 128 Å². The molecule has 1 atom stereocenters. The van der Waals surface area contributed by atoms with Gasteiger partial charge in [0.05, 0.1) is 6.61 Å². The molecule has 1 aliphatic rings. The Morgan fingerprint density at radius 3 is 2.90 bits per heavy atom. The quantitative estimate of drug-likeness (QED) is 0.913. The molecule has 0 aliphatic carbocycles. The largest absolute Gasteiger partial charge is 0.363 e. The Morgan fingerprint density at radius 2 is 2.10 bits per heavy atom. The van der Waals surface area contributed by atoms with Gasteiger partial charge in [-0.25, -0.2) is 0 Å². The Morgan fingerprint density at radius 1 is 1.29 bits per heavy atom. The molecule has 0 saturated carbocycles. The molecule has 0 spiro atoms. The first-order chi connectivity index (χ1) is 10.1. The molecule has 108 valence electrons. The lowest BCUT2D eigenvalue weighted by atomic mass is 9.97. The van der Waals surface area contributed by atoms with Crippen molar-refractivity contribution < 1.29 is 9.53 Å². The smallest absolute Gasteiger partial charge is 0.258 e. The summed E-state index contributed by atoms with van der Waals surface area (Å²) < 4.78 is 5.65. The van der Waals surface area contributed by atoms with Gasteiger partial charge in [-0.3, -0.25) is 4.79 Å².